The molecule has 154 valence electrons. The van der Waals surface area contributed by atoms with Crippen molar-refractivity contribution in [1.82, 2.24) is 15.2 Å². The lowest BCUT2D eigenvalue weighted by atomic mass is 9.99. The maximum Gasteiger partial charge on any atom is 0.317 e. The van der Waals surface area contributed by atoms with Crippen molar-refractivity contribution >= 4 is 17.4 Å². The highest BCUT2D eigenvalue weighted by Crippen LogP contribution is 2.26. The molecule has 29 heavy (non-hydrogen) atoms. The highest BCUT2D eigenvalue weighted by Gasteiger charge is 2.21. The lowest BCUT2D eigenvalue weighted by Crippen LogP contribution is -2.51. The summed E-state index contributed by atoms with van der Waals surface area (Å²) in [6.07, 6.45) is 6.06. The number of nitrogens with one attached hydrogen (secondary N) is 1. The third-order valence-electron chi connectivity index (χ3n) is 6.12. The number of pyridine rings is 1. The van der Waals surface area contributed by atoms with Crippen LogP contribution in [0.2, 0.25) is 0 Å². The largest absolute Gasteiger partial charge is 0.372 e. The van der Waals surface area contributed by atoms with E-state index in [0.29, 0.717) is 6.54 Å². The summed E-state index contributed by atoms with van der Waals surface area (Å²) >= 11 is 0. The average molecular weight is 394 g/mol. The van der Waals surface area contributed by atoms with Gasteiger partial charge in [0, 0.05) is 69.6 Å². The lowest BCUT2D eigenvalue weighted by Gasteiger charge is -2.36. The van der Waals surface area contributed by atoms with Crippen LogP contribution in [-0.4, -0.2) is 55.2 Å². The van der Waals surface area contributed by atoms with E-state index in [9.17, 15) is 4.79 Å². The Labute approximate surface area is 173 Å². The molecular weight excluding hydrogens is 362 g/mol. The van der Waals surface area contributed by atoms with Gasteiger partial charge in [-0.05, 0) is 60.7 Å². The number of carbonyl (C=O) groups is 1. The van der Waals surface area contributed by atoms with E-state index < -0.39 is 0 Å². The molecule has 0 unspecified atom stereocenters. The van der Waals surface area contributed by atoms with E-state index in [1.807, 2.05) is 17.0 Å². The second-order valence-corrected chi connectivity index (χ2v) is 8.17. The standard InChI is InChI=1S/C23H31N5O/c1-19-8-12-26(13-9-19)21-2-4-22(5-3-21)27-14-16-28(17-15-27)23(29)25-18-20-6-10-24-11-7-20/h2-7,10-11,19H,8-9,12-18H2,1H3,(H,25,29). The van der Waals surface area contributed by atoms with Crippen molar-refractivity contribution in [3.63, 3.8) is 0 Å². The summed E-state index contributed by atoms with van der Waals surface area (Å²) in [5.41, 5.74) is 3.64. The smallest absolute Gasteiger partial charge is 0.317 e. The van der Waals surface area contributed by atoms with Crippen LogP contribution in [0.15, 0.2) is 48.8 Å². The van der Waals surface area contributed by atoms with Crippen LogP contribution in [0.1, 0.15) is 25.3 Å². The third kappa shape index (κ3) is 5.00. The number of urea groups is 1. The van der Waals surface area contributed by atoms with Crippen LogP contribution in [0.4, 0.5) is 16.2 Å². The molecule has 6 nitrogen and oxygen atoms in total. The molecule has 2 aromatic rings. The Morgan fingerprint density at radius 3 is 2.03 bits per heavy atom. The first-order chi connectivity index (χ1) is 14.2. The maximum atomic E-state index is 12.4. The van der Waals surface area contributed by atoms with E-state index in [-0.39, 0.29) is 6.03 Å². The fourth-order valence-corrected chi connectivity index (χ4v) is 4.10. The number of piperidine rings is 1. The number of amides is 2. The number of anilines is 2. The first kappa shape index (κ1) is 19.6. The van der Waals surface area contributed by atoms with Gasteiger partial charge in [-0.3, -0.25) is 4.98 Å². The van der Waals surface area contributed by atoms with Gasteiger partial charge in [-0.25, -0.2) is 4.79 Å². The van der Waals surface area contributed by atoms with Gasteiger partial charge in [0.2, 0.25) is 0 Å². The first-order valence-electron chi connectivity index (χ1n) is 10.7. The predicted octanol–water partition coefficient (Wildman–Crippen LogP) is 3.35. The van der Waals surface area contributed by atoms with E-state index in [0.717, 1.165) is 50.7 Å². The zero-order chi connectivity index (χ0) is 20.1. The molecule has 6 heteroatoms. The monoisotopic (exact) mass is 393 g/mol. The van der Waals surface area contributed by atoms with Gasteiger partial charge in [-0.1, -0.05) is 6.92 Å². The summed E-state index contributed by atoms with van der Waals surface area (Å²) in [5, 5.41) is 3.01. The van der Waals surface area contributed by atoms with Crippen molar-refractivity contribution in [2.75, 3.05) is 49.1 Å². The summed E-state index contributed by atoms with van der Waals surface area (Å²) in [6, 6.07) is 12.8. The number of piperazine rings is 1. The zero-order valence-corrected chi connectivity index (χ0v) is 17.3. The molecule has 0 bridgehead atoms. The molecule has 0 atom stereocenters. The van der Waals surface area contributed by atoms with E-state index in [2.05, 4.69) is 51.3 Å². The van der Waals surface area contributed by atoms with E-state index in [4.69, 9.17) is 0 Å². The Morgan fingerprint density at radius 1 is 0.897 bits per heavy atom. The fourth-order valence-electron chi connectivity index (χ4n) is 4.10. The number of hydrogen-bond acceptors (Lipinski definition) is 4. The van der Waals surface area contributed by atoms with Crippen molar-refractivity contribution in [2.24, 2.45) is 5.92 Å². The van der Waals surface area contributed by atoms with Crippen LogP contribution < -0.4 is 15.1 Å². The molecule has 1 N–H and O–H groups in total. The van der Waals surface area contributed by atoms with Crippen molar-refractivity contribution in [1.29, 1.82) is 0 Å². The fraction of sp³-hybridized carbons (Fsp3) is 0.478. The third-order valence-corrected chi connectivity index (χ3v) is 6.12. The van der Waals surface area contributed by atoms with E-state index in [1.54, 1.807) is 12.4 Å². The number of rotatable bonds is 4. The van der Waals surface area contributed by atoms with Gasteiger partial charge in [-0.2, -0.15) is 0 Å². The van der Waals surface area contributed by atoms with Gasteiger partial charge in [0.1, 0.15) is 0 Å². The normalized spacial score (nSPS) is 18.0. The van der Waals surface area contributed by atoms with Gasteiger partial charge in [0.15, 0.2) is 0 Å². The maximum absolute atomic E-state index is 12.4. The van der Waals surface area contributed by atoms with Crippen LogP contribution in [0.3, 0.4) is 0 Å². The number of hydrogen-bond donors (Lipinski definition) is 1. The molecule has 0 radical (unpaired) electrons. The van der Waals surface area contributed by atoms with Crippen molar-refractivity contribution in [3.05, 3.63) is 54.4 Å². The second-order valence-electron chi connectivity index (χ2n) is 8.17. The minimum absolute atomic E-state index is 0.0103. The Balaban J connectivity index is 1.25. The van der Waals surface area contributed by atoms with Gasteiger partial charge >= 0.3 is 6.03 Å². The summed E-state index contributed by atoms with van der Waals surface area (Å²) in [7, 11) is 0. The minimum atomic E-state index is 0.0103. The quantitative estimate of drug-likeness (QED) is 0.866. The number of benzene rings is 1. The van der Waals surface area contributed by atoms with Gasteiger partial charge < -0.3 is 20.0 Å². The summed E-state index contributed by atoms with van der Waals surface area (Å²) in [6.45, 7) is 8.42. The van der Waals surface area contributed by atoms with Gasteiger partial charge in [-0.15, -0.1) is 0 Å². The molecule has 3 heterocycles. The highest BCUT2D eigenvalue weighted by atomic mass is 16.2. The zero-order valence-electron chi connectivity index (χ0n) is 17.3. The molecule has 2 saturated heterocycles. The molecule has 2 aliphatic rings. The number of nitrogens with zero attached hydrogens (tertiary/aromatic N) is 4. The Morgan fingerprint density at radius 2 is 1.45 bits per heavy atom. The molecule has 2 amide bonds. The molecular formula is C23H31N5O. The lowest BCUT2D eigenvalue weighted by molar-refractivity contribution is 0.194. The number of carbonyl (C=O) groups excluding carboxylic acids is 1. The van der Waals surface area contributed by atoms with Crippen molar-refractivity contribution in [3.8, 4) is 0 Å². The van der Waals surface area contributed by atoms with Crippen LogP contribution in [0.25, 0.3) is 0 Å². The molecule has 0 aliphatic carbocycles. The average Bonchev–Trinajstić information content (AvgIpc) is 2.79. The van der Waals surface area contributed by atoms with E-state index >= 15 is 0 Å². The summed E-state index contributed by atoms with van der Waals surface area (Å²) < 4.78 is 0. The molecule has 0 saturated carbocycles. The first-order valence-corrected chi connectivity index (χ1v) is 10.7. The summed E-state index contributed by atoms with van der Waals surface area (Å²) in [5.74, 6) is 0.851. The van der Waals surface area contributed by atoms with Crippen LogP contribution in [-0.2, 0) is 6.54 Å². The molecule has 0 spiro atoms. The van der Waals surface area contributed by atoms with Gasteiger partial charge in [0.05, 0.1) is 0 Å². The molecule has 4 rings (SSSR count). The minimum Gasteiger partial charge on any atom is -0.372 e. The molecule has 2 aliphatic heterocycles. The second kappa shape index (κ2) is 9.16. The molecule has 2 fully saturated rings. The Hall–Kier alpha value is -2.76. The summed E-state index contributed by atoms with van der Waals surface area (Å²) in [4.78, 5) is 23.2. The highest BCUT2D eigenvalue weighted by molar-refractivity contribution is 5.74. The Bertz CT molecular complexity index is 779. The van der Waals surface area contributed by atoms with E-state index in [1.165, 1.54) is 24.2 Å². The topological polar surface area (TPSA) is 51.7 Å². The van der Waals surface area contributed by atoms with Crippen LogP contribution in [0, 0.1) is 5.92 Å². The van der Waals surface area contributed by atoms with Crippen molar-refractivity contribution < 1.29 is 4.79 Å². The van der Waals surface area contributed by atoms with Crippen LogP contribution >= 0.6 is 0 Å². The molecule has 1 aromatic heterocycles. The Kier molecular flexibility index (Phi) is 6.17. The van der Waals surface area contributed by atoms with Crippen LogP contribution in [0.5, 0.6) is 0 Å². The van der Waals surface area contributed by atoms with Gasteiger partial charge in [0.25, 0.3) is 0 Å². The SMILES string of the molecule is CC1CCN(c2ccc(N3CCN(C(=O)NCc4ccncc4)CC3)cc2)CC1. The molecule has 1 aromatic carbocycles. The van der Waals surface area contributed by atoms with Crippen molar-refractivity contribution in [2.45, 2.75) is 26.3 Å². The predicted molar refractivity (Wildman–Crippen MR) is 117 cm³/mol. The number of aromatic nitrogens is 1.